The molecule has 154 valence electrons. The molecular formula is C30H24N2. The van der Waals surface area contributed by atoms with E-state index in [-0.39, 0.29) is 0 Å². The van der Waals surface area contributed by atoms with Crippen molar-refractivity contribution in [2.75, 3.05) is 0 Å². The maximum atomic E-state index is 5.11. The second-order valence-electron chi connectivity index (χ2n) is 8.45. The lowest BCUT2D eigenvalue weighted by Crippen LogP contribution is -2.02. The second-order valence-corrected chi connectivity index (χ2v) is 8.45. The van der Waals surface area contributed by atoms with Gasteiger partial charge in [0.1, 0.15) is 5.82 Å². The minimum absolute atomic E-state index is 0.405. The Morgan fingerprint density at radius 2 is 1.53 bits per heavy atom. The maximum absolute atomic E-state index is 5.11. The molecule has 0 N–H and O–H groups in total. The Bertz CT molecular complexity index is 1490. The van der Waals surface area contributed by atoms with Gasteiger partial charge in [0.15, 0.2) is 0 Å². The van der Waals surface area contributed by atoms with Crippen LogP contribution in [0.4, 0.5) is 0 Å². The Morgan fingerprint density at radius 3 is 2.28 bits per heavy atom. The van der Waals surface area contributed by atoms with Crippen LogP contribution in [0.25, 0.3) is 38.9 Å². The molecule has 0 radical (unpaired) electrons. The Hall–Kier alpha value is -3.91. The fraction of sp³-hybridized carbons (Fsp3) is 0.100. The summed E-state index contributed by atoms with van der Waals surface area (Å²) in [6.45, 7) is 2.23. The summed E-state index contributed by atoms with van der Waals surface area (Å²) in [6, 6.07) is 30.1. The molecule has 6 rings (SSSR count). The van der Waals surface area contributed by atoms with Gasteiger partial charge < -0.3 is 0 Å². The third-order valence-electron chi connectivity index (χ3n) is 6.47. The van der Waals surface area contributed by atoms with Gasteiger partial charge in [-0.2, -0.15) is 0 Å². The number of imidazole rings is 1. The summed E-state index contributed by atoms with van der Waals surface area (Å²) >= 11 is 0. The Morgan fingerprint density at radius 1 is 0.781 bits per heavy atom. The van der Waals surface area contributed by atoms with E-state index in [9.17, 15) is 0 Å². The van der Waals surface area contributed by atoms with Crippen LogP contribution in [-0.2, 0) is 0 Å². The van der Waals surface area contributed by atoms with Gasteiger partial charge in [0, 0.05) is 22.6 Å². The molecule has 0 bridgehead atoms. The molecule has 1 aliphatic rings. The van der Waals surface area contributed by atoms with Crippen molar-refractivity contribution < 1.29 is 0 Å². The Kier molecular flexibility index (Phi) is 4.50. The molecule has 0 saturated heterocycles. The van der Waals surface area contributed by atoms with Gasteiger partial charge >= 0.3 is 0 Å². The van der Waals surface area contributed by atoms with Crippen molar-refractivity contribution in [3.63, 3.8) is 0 Å². The first kappa shape index (κ1) is 18.8. The van der Waals surface area contributed by atoms with E-state index in [0.717, 1.165) is 29.0 Å². The molecule has 1 atom stereocenters. The van der Waals surface area contributed by atoms with Gasteiger partial charge in [0.05, 0.1) is 11.0 Å². The summed E-state index contributed by atoms with van der Waals surface area (Å²) in [5.41, 5.74) is 7.21. The molecule has 1 aromatic heterocycles. The zero-order valence-electron chi connectivity index (χ0n) is 18.1. The van der Waals surface area contributed by atoms with Crippen LogP contribution in [0.3, 0.4) is 0 Å². The first-order valence-electron chi connectivity index (χ1n) is 11.2. The smallest absolute Gasteiger partial charge is 0.145 e. The molecule has 0 amide bonds. The maximum Gasteiger partial charge on any atom is 0.145 e. The molecule has 0 spiro atoms. The van der Waals surface area contributed by atoms with Crippen molar-refractivity contribution >= 4 is 21.8 Å². The summed E-state index contributed by atoms with van der Waals surface area (Å²) in [5.74, 6) is 1.38. The molecule has 4 aromatic carbocycles. The van der Waals surface area contributed by atoms with E-state index < -0.39 is 0 Å². The van der Waals surface area contributed by atoms with Crippen molar-refractivity contribution in [1.29, 1.82) is 0 Å². The monoisotopic (exact) mass is 412 g/mol. The Balaban J connectivity index is 1.72. The van der Waals surface area contributed by atoms with Gasteiger partial charge in [0.2, 0.25) is 0 Å². The molecule has 5 aromatic rings. The lowest BCUT2D eigenvalue weighted by molar-refractivity contribution is 0.854. The highest BCUT2D eigenvalue weighted by molar-refractivity contribution is 6.08. The number of hydrogen-bond acceptors (Lipinski definition) is 1. The number of rotatable bonds is 3. The summed E-state index contributed by atoms with van der Waals surface area (Å²) in [6.07, 6.45) is 9.96. The predicted molar refractivity (Wildman–Crippen MR) is 134 cm³/mol. The van der Waals surface area contributed by atoms with Crippen molar-refractivity contribution in [2.24, 2.45) is 0 Å². The van der Waals surface area contributed by atoms with Gasteiger partial charge in [0.25, 0.3) is 0 Å². The number of benzene rings is 4. The molecule has 1 unspecified atom stereocenters. The number of aromatic nitrogens is 2. The molecule has 2 nitrogen and oxygen atoms in total. The van der Waals surface area contributed by atoms with Crippen LogP contribution in [0.15, 0.2) is 109 Å². The molecule has 32 heavy (non-hydrogen) atoms. The van der Waals surface area contributed by atoms with Crippen LogP contribution in [0, 0.1) is 6.92 Å². The van der Waals surface area contributed by atoms with E-state index in [4.69, 9.17) is 4.98 Å². The van der Waals surface area contributed by atoms with Gasteiger partial charge in [-0.3, -0.25) is 4.57 Å². The Labute approximate surface area is 188 Å². The molecule has 2 heteroatoms. The first-order chi connectivity index (χ1) is 15.8. The third-order valence-corrected chi connectivity index (χ3v) is 6.47. The van der Waals surface area contributed by atoms with Gasteiger partial charge in [-0.25, -0.2) is 4.98 Å². The average Bonchev–Trinajstić information content (AvgIpc) is 3.25. The normalized spacial score (nSPS) is 15.6. The van der Waals surface area contributed by atoms with E-state index in [1.807, 2.05) is 0 Å². The fourth-order valence-corrected chi connectivity index (χ4v) is 5.00. The lowest BCUT2D eigenvalue weighted by atomic mass is 9.85. The van der Waals surface area contributed by atoms with Crippen LogP contribution in [0.2, 0.25) is 0 Å². The highest BCUT2D eigenvalue weighted by Gasteiger charge is 2.20. The number of para-hydroxylation sites is 1. The minimum atomic E-state index is 0.405. The van der Waals surface area contributed by atoms with Crippen molar-refractivity contribution in [3.8, 4) is 17.1 Å². The molecule has 1 aliphatic carbocycles. The van der Waals surface area contributed by atoms with Crippen LogP contribution in [0.5, 0.6) is 0 Å². The average molecular weight is 413 g/mol. The standard InChI is InChI=1S/C30H24N2/c1-21-17-18-26-25(28(21)22-11-5-2-6-12-22)19-20-27-29(26)32(24-15-9-4-10-16-24)30(31-27)23-13-7-3-8-14-23/h2-11,13-20,22H,12H2,1H3. The predicted octanol–water partition coefficient (Wildman–Crippen LogP) is 7.75. The topological polar surface area (TPSA) is 17.8 Å². The molecular weight excluding hydrogens is 388 g/mol. The van der Waals surface area contributed by atoms with Gasteiger partial charge in [-0.05, 0) is 48.1 Å². The summed E-state index contributed by atoms with van der Waals surface area (Å²) in [5, 5.41) is 2.57. The number of nitrogens with zero attached hydrogens (tertiary/aromatic N) is 2. The fourth-order valence-electron chi connectivity index (χ4n) is 5.00. The SMILES string of the molecule is Cc1ccc2c(ccc3nc(-c4ccccc4)n(-c4ccccc4)c32)c1C1C=CC=CC1. The van der Waals surface area contributed by atoms with E-state index in [2.05, 4.69) is 121 Å². The van der Waals surface area contributed by atoms with E-state index in [1.165, 1.54) is 27.4 Å². The van der Waals surface area contributed by atoms with E-state index in [0.29, 0.717) is 5.92 Å². The first-order valence-corrected chi connectivity index (χ1v) is 11.2. The third kappa shape index (κ3) is 2.99. The quantitative estimate of drug-likeness (QED) is 0.296. The highest BCUT2D eigenvalue weighted by Crippen LogP contribution is 2.38. The second kappa shape index (κ2) is 7.65. The number of aryl methyl sites for hydroxylation is 1. The van der Waals surface area contributed by atoms with Crippen molar-refractivity contribution in [1.82, 2.24) is 9.55 Å². The highest BCUT2D eigenvalue weighted by atomic mass is 15.1. The van der Waals surface area contributed by atoms with E-state index in [1.54, 1.807) is 0 Å². The van der Waals surface area contributed by atoms with Crippen molar-refractivity contribution in [3.05, 3.63) is 120 Å². The molecule has 0 saturated carbocycles. The van der Waals surface area contributed by atoms with Crippen LogP contribution in [0.1, 0.15) is 23.5 Å². The summed E-state index contributed by atoms with van der Waals surface area (Å²) in [4.78, 5) is 5.11. The minimum Gasteiger partial charge on any atom is -0.292 e. The zero-order chi connectivity index (χ0) is 21.5. The molecule has 1 heterocycles. The number of allylic oxidation sites excluding steroid dienone is 4. The molecule has 0 aliphatic heterocycles. The summed E-state index contributed by atoms with van der Waals surface area (Å²) in [7, 11) is 0. The van der Waals surface area contributed by atoms with Gasteiger partial charge in [-0.15, -0.1) is 0 Å². The number of hydrogen-bond donors (Lipinski definition) is 0. The number of fused-ring (bicyclic) bond motifs is 3. The zero-order valence-corrected chi connectivity index (χ0v) is 18.1. The largest absolute Gasteiger partial charge is 0.292 e. The van der Waals surface area contributed by atoms with Crippen LogP contribution >= 0.6 is 0 Å². The molecule has 0 fully saturated rings. The van der Waals surface area contributed by atoms with Crippen LogP contribution < -0.4 is 0 Å². The van der Waals surface area contributed by atoms with Crippen molar-refractivity contribution in [2.45, 2.75) is 19.3 Å². The van der Waals surface area contributed by atoms with Crippen LogP contribution in [-0.4, -0.2) is 9.55 Å². The van der Waals surface area contributed by atoms with E-state index >= 15 is 0 Å². The lowest BCUT2D eigenvalue weighted by Gasteiger charge is -2.20. The van der Waals surface area contributed by atoms with Gasteiger partial charge in [-0.1, -0.05) is 91.0 Å². The summed E-state index contributed by atoms with van der Waals surface area (Å²) < 4.78 is 2.32.